The van der Waals surface area contributed by atoms with Gasteiger partial charge in [-0.1, -0.05) is 0 Å². The zero-order valence-electron chi connectivity index (χ0n) is 6.43. The highest BCUT2D eigenvalue weighted by atomic mass is 16.3. The first-order valence-corrected chi connectivity index (χ1v) is 3.22. The molecular formula is C7H10N2O2. The first kappa shape index (κ1) is 7.65. The number of nitrogen functional groups attached to an aromatic ring is 1. The molecule has 0 amide bonds. The van der Waals surface area contributed by atoms with Crippen LogP contribution < -0.4 is 11.3 Å². The summed E-state index contributed by atoms with van der Waals surface area (Å²) in [6.07, 6.45) is 0. The van der Waals surface area contributed by atoms with Gasteiger partial charge in [-0.25, -0.2) is 0 Å². The van der Waals surface area contributed by atoms with Crippen LogP contribution in [0.1, 0.15) is 11.3 Å². The summed E-state index contributed by atoms with van der Waals surface area (Å²) in [5.41, 5.74) is 6.43. The molecular weight excluding hydrogens is 144 g/mol. The van der Waals surface area contributed by atoms with Crippen LogP contribution in [0.2, 0.25) is 0 Å². The molecule has 1 heterocycles. The van der Waals surface area contributed by atoms with Crippen molar-refractivity contribution >= 4 is 5.69 Å². The lowest BCUT2D eigenvalue weighted by molar-refractivity contribution is 0.468. The number of aromatic hydroxyl groups is 1. The summed E-state index contributed by atoms with van der Waals surface area (Å²) in [7, 11) is 0. The van der Waals surface area contributed by atoms with Crippen molar-refractivity contribution in [2.45, 2.75) is 13.8 Å². The Kier molecular flexibility index (Phi) is 1.60. The van der Waals surface area contributed by atoms with Crippen LogP contribution in [0.3, 0.4) is 0 Å². The summed E-state index contributed by atoms with van der Waals surface area (Å²) in [6.45, 7) is 3.47. The van der Waals surface area contributed by atoms with Crippen molar-refractivity contribution in [2.24, 2.45) is 0 Å². The highest BCUT2D eigenvalue weighted by Gasteiger charge is 2.06. The van der Waals surface area contributed by atoms with E-state index in [4.69, 9.17) is 10.8 Å². The lowest BCUT2D eigenvalue weighted by atomic mass is 10.2. The van der Waals surface area contributed by atoms with Crippen LogP contribution in [-0.4, -0.2) is 10.1 Å². The number of hydrogen-bond donors (Lipinski definition) is 3. The molecule has 0 aliphatic heterocycles. The van der Waals surface area contributed by atoms with Crippen LogP contribution in [0.5, 0.6) is 5.75 Å². The molecule has 0 unspecified atom stereocenters. The zero-order valence-corrected chi connectivity index (χ0v) is 6.43. The molecule has 60 valence electrons. The lowest BCUT2D eigenvalue weighted by Gasteiger charge is -2.04. The molecule has 0 bridgehead atoms. The minimum absolute atomic E-state index is 0.159. The van der Waals surface area contributed by atoms with Crippen molar-refractivity contribution in [1.82, 2.24) is 4.98 Å². The highest BCUT2D eigenvalue weighted by molar-refractivity contribution is 5.57. The average Bonchev–Trinajstić information content (AvgIpc) is 1.97. The van der Waals surface area contributed by atoms with Crippen LogP contribution in [0, 0.1) is 13.8 Å². The first-order valence-electron chi connectivity index (χ1n) is 3.22. The molecule has 1 rings (SSSR count). The molecule has 0 aliphatic rings. The van der Waals surface area contributed by atoms with Crippen molar-refractivity contribution in [1.29, 1.82) is 0 Å². The molecule has 0 atom stereocenters. The second-order valence-corrected chi connectivity index (χ2v) is 2.47. The maximum atomic E-state index is 10.8. The summed E-state index contributed by atoms with van der Waals surface area (Å²) in [5.74, 6) is -0.395. The summed E-state index contributed by atoms with van der Waals surface area (Å²) < 4.78 is 0. The van der Waals surface area contributed by atoms with Gasteiger partial charge in [0.15, 0.2) is 0 Å². The van der Waals surface area contributed by atoms with E-state index < -0.39 is 11.3 Å². The number of pyridine rings is 1. The van der Waals surface area contributed by atoms with Crippen molar-refractivity contribution in [3.63, 3.8) is 0 Å². The maximum absolute atomic E-state index is 10.8. The van der Waals surface area contributed by atoms with Gasteiger partial charge in [0, 0.05) is 5.69 Å². The highest BCUT2D eigenvalue weighted by Crippen LogP contribution is 2.19. The van der Waals surface area contributed by atoms with E-state index in [1.807, 2.05) is 0 Å². The fourth-order valence-corrected chi connectivity index (χ4v) is 0.825. The molecule has 0 saturated carbocycles. The molecule has 1 aromatic heterocycles. The molecule has 11 heavy (non-hydrogen) atoms. The van der Waals surface area contributed by atoms with Crippen molar-refractivity contribution in [3.8, 4) is 5.75 Å². The fraction of sp³-hybridized carbons (Fsp3) is 0.286. The number of H-pyrrole nitrogens is 1. The Labute approximate surface area is 63.7 Å². The molecule has 1 aromatic rings. The largest absolute Gasteiger partial charge is 0.502 e. The Morgan fingerprint density at radius 3 is 2.55 bits per heavy atom. The minimum atomic E-state index is -0.536. The van der Waals surface area contributed by atoms with E-state index >= 15 is 0 Å². The van der Waals surface area contributed by atoms with Crippen molar-refractivity contribution in [3.05, 3.63) is 21.6 Å². The third-order valence-electron chi connectivity index (χ3n) is 1.74. The molecule has 4 nitrogen and oxygen atoms in total. The topological polar surface area (TPSA) is 79.1 Å². The van der Waals surface area contributed by atoms with Gasteiger partial charge < -0.3 is 15.8 Å². The van der Waals surface area contributed by atoms with E-state index in [1.54, 1.807) is 13.8 Å². The van der Waals surface area contributed by atoms with Gasteiger partial charge in [-0.15, -0.1) is 0 Å². The van der Waals surface area contributed by atoms with Gasteiger partial charge in [-0.2, -0.15) is 0 Å². The van der Waals surface area contributed by atoms with Crippen LogP contribution in [0.15, 0.2) is 4.79 Å². The van der Waals surface area contributed by atoms with Gasteiger partial charge in [-0.3, -0.25) is 4.79 Å². The van der Waals surface area contributed by atoms with E-state index in [0.29, 0.717) is 11.3 Å². The Hall–Kier alpha value is -1.45. The molecule has 4 heteroatoms. The van der Waals surface area contributed by atoms with Gasteiger partial charge in [0.05, 0.1) is 5.69 Å². The third kappa shape index (κ3) is 1.07. The van der Waals surface area contributed by atoms with Crippen LogP contribution in [0.25, 0.3) is 0 Å². The van der Waals surface area contributed by atoms with Gasteiger partial charge >= 0.3 is 0 Å². The molecule has 0 saturated heterocycles. The smallest absolute Gasteiger partial charge is 0.292 e. The van der Waals surface area contributed by atoms with E-state index in [1.165, 1.54) is 0 Å². The molecule has 4 N–H and O–H groups in total. The number of nitrogens with two attached hydrogens (primary N) is 1. The summed E-state index contributed by atoms with van der Waals surface area (Å²) in [5, 5.41) is 9.04. The van der Waals surface area contributed by atoms with E-state index in [2.05, 4.69) is 4.98 Å². The minimum Gasteiger partial charge on any atom is -0.502 e. The van der Waals surface area contributed by atoms with Crippen molar-refractivity contribution < 1.29 is 5.11 Å². The average molecular weight is 154 g/mol. The number of aromatic nitrogens is 1. The number of aryl methyl sites for hydroxylation is 1. The number of nitrogens with one attached hydrogen (secondary N) is 1. The van der Waals surface area contributed by atoms with Gasteiger partial charge in [0.1, 0.15) is 0 Å². The third-order valence-corrected chi connectivity index (χ3v) is 1.74. The Balaban J connectivity index is 3.59. The zero-order chi connectivity index (χ0) is 8.59. The number of hydrogen-bond acceptors (Lipinski definition) is 3. The predicted molar refractivity (Wildman–Crippen MR) is 42.6 cm³/mol. The molecule has 0 radical (unpaired) electrons. The number of rotatable bonds is 0. The molecule has 0 aromatic carbocycles. The van der Waals surface area contributed by atoms with E-state index in [-0.39, 0.29) is 5.69 Å². The summed E-state index contributed by atoms with van der Waals surface area (Å²) >= 11 is 0. The second-order valence-electron chi connectivity index (χ2n) is 2.47. The summed E-state index contributed by atoms with van der Waals surface area (Å²) in [4.78, 5) is 13.3. The SMILES string of the molecule is Cc1[nH]c(=O)c(O)c(N)c1C. The molecule has 0 fully saturated rings. The van der Waals surface area contributed by atoms with Gasteiger partial charge in [0.2, 0.25) is 5.75 Å². The Morgan fingerprint density at radius 1 is 1.45 bits per heavy atom. The van der Waals surface area contributed by atoms with Gasteiger partial charge in [-0.05, 0) is 19.4 Å². The molecule has 0 spiro atoms. The number of anilines is 1. The quantitative estimate of drug-likeness (QED) is 0.502. The lowest BCUT2D eigenvalue weighted by Crippen LogP contribution is -2.11. The first-order chi connectivity index (χ1) is 5.04. The van der Waals surface area contributed by atoms with E-state index in [0.717, 1.165) is 0 Å². The predicted octanol–water partition coefficient (Wildman–Crippen LogP) is 0.280. The standard InChI is InChI=1S/C7H10N2O2/c1-3-4(2)9-7(11)6(10)5(3)8/h10H,1-2H3,(H3,8,9,11). The fourth-order valence-electron chi connectivity index (χ4n) is 0.825. The second kappa shape index (κ2) is 2.30. The normalized spacial score (nSPS) is 10.0. The van der Waals surface area contributed by atoms with Crippen LogP contribution in [0.4, 0.5) is 5.69 Å². The Bertz CT molecular complexity index is 341. The van der Waals surface area contributed by atoms with Crippen molar-refractivity contribution in [2.75, 3.05) is 5.73 Å². The Morgan fingerprint density at radius 2 is 2.00 bits per heavy atom. The number of aromatic amines is 1. The monoisotopic (exact) mass is 154 g/mol. The van der Waals surface area contributed by atoms with E-state index in [9.17, 15) is 4.79 Å². The summed E-state index contributed by atoms with van der Waals surface area (Å²) in [6, 6.07) is 0. The molecule has 0 aliphatic carbocycles. The van der Waals surface area contributed by atoms with Crippen LogP contribution >= 0.6 is 0 Å². The maximum Gasteiger partial charge on any atom is 0.292 e. The van der Waals surface area contributed by atoms with Crippen LogP contribution in [-0.2, 0) is 0 Å². The van der Waals surface area contributed by atoms with Gasteiger partial charge in [0.25, 0.3) is 5.56 Å².